The van der Waals surface area contributed by atoms with Gasteiger partial charge < -0.3 is 15.2 Å². The van der Waals surface area contributed by atoms with Crippen molar-refractivity contribution in [2.24, 2.45) is 0 Å². The number of aliphatic carboxylic acids is 1. The van der Waals surface area contributed by atoms with Gasteiger partial charge in [0.1, 0.15) is 5.82 Å². The van der Waals surface area contributed by atoms with Crippen LogP contribution in [0.4, 0.5) is 10.1 Å². The summed E-state index contributed by atoms with van der Waals surface area (Å²) < 4.78 is 13.2. The Balaban J connectivity index is 2.62. The van der Waals surface area contributed by atoms with E-state index in [1.165, 1.54) is 12.1 Å². The number of carbonyl (C=O) groups is 2. The highest BCUT2D eigenvalue weighted by molar-refractivity contribution is 5.92. The summed E-state index contributed by atoms with van der Waals surface area (Å²) in [6.45, 7) is 1.76. The number of benzene rings is 1. The summed E-state index contributed by atoms with van der Waals surface area (Å²) in [6, 6.07) is 4.29. The van der Waals surface area contributed by atoms with Crippen molar-refractivity contribution in [2.75, 3.05) is 5.32 Å². The molecule has 0 spiro atoms. The Morgan fingerprint density at radius 2 is 2.06 bits per heavy atom. The van der Waals surface area contributed by atoms with Gasteiger partial charge in [0.25, 0.3) is 0 Å². The lowest BCUT2D eigenvalue weighted by Crippen LogP contribution is -2.24. The lowest BCUT2D eigenvalue weighted by molar-refractivity contribution is -0.305. The van der Waals surface area contributed by atoms with Crippen LogP contribution in [0.3, 0.4) is 0 Å². The molecule has 0 unspecified atom stereocenters. The highest BCUT2D eigenvalue weighted by Gasteiger charge is 2.06. The van der Waals surface area contributed by atoms with Crippen LogP contribution in [-0.2, 0) is 9.59 Å². The van der Waals surface area contributed by atoms with Crippen molar-refractivity contribution in [3.63, 3.8) is 0 Å². The zero-order valence-corrected chi connectivity index (χ0v) is 8.75. The first-order valence-electron chi connectivity index (χ1n) is 4.75. The van der Waals surface area contributed by atoms with Crippen LogP contribution in [0.25, 0.3) is 0 Å². The van der Waals surface area contributed by atoms with Gasteiger partial charge in [-0.25, -0.2) is 4.39 Å². The first-order chi connectivity index (χ1) is 7.49. The van der Waals surface area contributed by atoms with Gasteiger partial charge in [-0.05, 0) is 31.0 Å². The quantitative estimate of drug-likeness (QED) is 0.814. The van der Waals surface area contributed by atoms with Crippen molar-refractivity contribution in [1.29, 1.82) is 0 Å². The topological polar surface area (TPSA) is 69.2 Å². The van der Waals surface area contributed by atoms with Crippen LogP contribution in [0.5, 0.6) is 0 Å². The molecule has 1 aromatic rings. The molecule has 0 heterocycles. The van der Waals surface area contributed by atoms with E-state index >= 15 is 0 Å². The fourth-order valence-corrected chi connectivity index (χ4v) is 1.16. The van der Waals surface area contributed by atoms with E-state index in [0.717, 1.165) is 5.56 Å². The number of anilines is 1. The lowest BCUT2D eigenvalue weighted by atomic mass is 10.2. The number of rotatable bonds is 4. The molecule has 0 radical (unpaired) electrons. The minimum atomic E-state index is -1.31. The molecule has 86 valence electrons. The standard InChI is InChI=1S/C11H12FNO3/c1-7-2-3-8(12)9(6-7)13-10(14)4-5-11(15)16/h2-3,6H,4-5H2,1H3,(H,13,14)(H,15,16)/p-1. The third kappa shape index (κ3) is 3.68. The molecule has 5 heteroatoms. The van der Waals surface area contributed by atoms with Crippen LogP contribution < -0.4 is 10.4 Å². The molecule has 0 aliphatic carbocycles. The van der Waals surface area contributed by atoms with Gasteiger partial charge in [0.05, 0.1) is 5.69 Å². The zero-order chi connectivity index (χ0) is 12.1. The van der Waals surface area contributed by atoms with Gasteiger partial charge in [0.2, 0.25) is 5.91 Å². The lowest BCUT2D eigenvalue weighted by Gasteiger charge is -2.07. The molecular weight excluding hydrogens is 213 g/mol. The average Bonchev–Trinajstić information content (AvgIpc) is 2.20. The molecule has 16 heavy (non-hydrogen) atoms. The molecule has 1 N–H and O–H groups in total. The monoisotopic (exact) mass is 224 g/mol. The van der Waals surface area contributed by atoms with Gasteiger partial charge in [0, 0.05) is 12.4 Å². The highest BCUT2D eigenvalue weighted by Crippen LogP contribution is 2.15. The molecule has 1 aromatic carbocycles. The van der Waals surface area contributed by atoms with Crippen LogP contribution in [0.15, 0.2) is 18.2 Å². The number of nitrogens with one attached hydrogen (secondary N) is 1. The molecule has 0 saturated heterocycles. The van der Waals surface area contributed by atoms with Crippen LogP contribution >= 0.6 is 0 Å². The number of hydrogen-bond acceptors (Lipinski definition) is 3. The van der Waals surface area contributed by atoms with E-state index in [0.29, 0.717) is 0 Å². The third-order valence-corrected chi connectivity index (χ3v) is 1.95. The Labute approximate surface area is 92.1 Å². The van der Waals surface area contributed by atoms with E-state index in [9.17, 15) is 19.1 Å². The SMILES string of the molecule is Cc1ccc(F)c(NC(=O)CCC(=O)[O-])c1. The molecular formula is C11H11FNO3-. The average molecular weight is 224 g/mol. The minimum Gasteiger partial charge on any atom is -0.550 e. The molecule has 0 aliphatic rings. The van der Waals surface area contributed by atoms with Crippen molar-refractivity contribution < 1.29 is 19.1 Å². The Bertz CT molecular complexity index is 418. The van der Waals surface area contributed by atoms with E-state index in [1.54, 1.807) is 13.0 Å². The summed E-state index contributed by atoms with van der Waals surface area (Å²) in [5.41, 5.74) is 0.861. The van der Waals surface area contributed by atoms with Crippen molar-refractivity contribution in [3.8, 4) is 0 Å². The Morgan fingerprint density at radius 3 is 2.69 bits per heavy atom. The van der Waals surface area contributed by atoms with Gasteiger partial charge in [-0.15, -0.1) is 0 Å². The number of carboxylic acid groups (broad SMARTS) is 1. The highest BCUT2D eigenvalue weighted by atomic mass is 19.1. The molecule has 0 aliphatic heterocycles. The van der Waals surface area contributed by atoms with Gasteiger partial charge >= 0.3 is 0 Å². The normalized spacial score (nSPS) is 9.88. The number of amides is 1. The maximum atomic E-state index is 13.2. The summed E-state index contributed by atoms with van der Waals surface area (Å²) in [7, 11) is 0. The molecule has 1 amide bonds. The molecule has 0 aromatic heterocycles. The minimum absolute atomic E-state index is 0.0587. The molecule has 1 rings (SSSR count). The van der Waals surface area contributed by atoms with Crippen molar-refractivity contribution in [3.05, 3.63) is 29.6 Å². The first kappa shape index (κ1) is 12.2. The van der Waals surface area contributed by atoms with Crippen molar-refractivity contribution >= 4 is 17.6 Å². The summed E-state index contributed by atoms with van der Waals surface area (Å²) in [4.78, 5) is 21.3. The fourth-order valence-electron chi connectivity index (χ4n) is 1.16. The summed E-state index contributed by atoms with van der Waals surface area (Å²) in [5, 5.41) is 12.4. The molecule has 0 fully saturated rings. The second kappa shape index (κ2) is 5.25. The maximum absolute atomic E-state index is 13.2. The number of hydrogen-bond donors (Lipinski definition) is 1. The Morgan fingerprint density at radius 1 is 1.38 bits per heavy atom. The Kier molecular flexibility index (Phi) is 3.99. The predicted octanol–water partition coefficient (Wildman–Crippen LogP) is 0.603. The molecule has 0 atom stereocenters. The predicted molar refractivity (Wildman–Crippen MR) is 54.0 cm³/mol. The largest absolute Gasteiger partial charge is 0.550 e. The van der Waals surface area contributed by atoms with Crippen LogP contribution in [-0.4, -0.2) is 11.9 Å². The van der Waals surface area contributed by atoms with Crippen LogP contribution in [0.2, 0.25) is 0 Å². The smallest absolute Gasteiger partial charge is 0.224 e. The Hall–Kier alpha value is -1.91. The van der Waals surface area contributed by atoms with E-state index < -0.39 is 17.7 Å². The number of aryl methyl sites for hydroxylation is 1. The fraction of sp³-hybridized carbons (Fsp3) is 0.273. The van der Waals surface area contributed by atoms with E-state index in [4.69, 9.17) is 0 Å². The number of carbonyl (C=O) groups excluding carboxylic acids is 2. The van der Waals surface area contributed by atoms with Gasteiger partial charge in [-0.1, -0.05) is 6.07 Å². The van der Waals surface area contributed by atoms with E-state index in [1.807, 2.05) is 0 Å². The van der Waals surface area contributed by atoms with Gasteiger partial charge in [0.15, 0.2) is 0 Å². The second-order valence-electron chi connectivity index (χ2n) is 3.40. The number of halogens is 1. The summed E-state index contributed by atoms with van der Waals surface area (Å²) >= 11 is 0. The molecule has 0 saturated carbocycles. The summed E-state index contributed by atoms with van der Waals surface area (Å²) in [5.74, 6) is -2.40. The first-order valence-corrected chi connectivity index (χ1v) is 4.75. The third-order valence-electron chi connectivity index (χ3n) is 1.95. The van der Waals surface area contributed by atoms with Crippen LogP contribution in [0.1, 0.15) is 18.4 Å². The van der Waals surface area contributed by atoms with Gasteiger partial charge in [-0.3, -0.25) is 4.79 Å². The number of carboxylic acids is 1. The second-order valence-corrected chi connectivity index (χ2v) is 3.40. The van der Waals surface area contributed by atoms with E-state index in [2.05, 4.69) is 5.32 Å². The van der Waals surface area contributed by atoms with Crippen molar-refractivity contribution in [1.82, 2.24) is 0 Å². The molecule has 0 bridgehead atoms. The van der Waals surface area contributed by atoms with Gasteiger partial charge in [-0.2, -0.15) is 0 Å². The maximum Gasteiger partial charge on any atom is 0.224 e. The summed E-state index contributed by atoms with van der Waals surface area (Å²) in [6.07, 6.45) is -0.602. The van der Waals surface area contributed by atoms with Crippen molar-refractivity contribution in [2.45, 2.75) is 19.8 Å². The van der Waals surface area contributed by atoms with E-state index in [-0.39, 0.29) is 18.5 Å². The van der Waals surface area contributed by atoms with Crippen LogP contribution in [0, 0.1) is 12.7 Å². The molecule has 4 nitrogen and oxygen atoms in total. The zero-order valence-electron chi connectivity index (χ0n) is 8.75.